The maximum absolute atomic E-state index is 13.3. The van der Waals surface area contributed by atoms with Crippen molar-refractivity contribution in [1.82, 2.24) is 4.90 Å². The largest absolute Gasteiger partial charge is 0.417 e. The van der Waals surface area contributed by atoms with Gasteiger partial charge >= 0.3 is 6.18 Å². The van der Waals surface area contributed by atoms with E-state index in [4.69, 9.17) is 0 Å². The molecule has 1 fully saturated rings. The van der Waals surface area contributed by atoms with Gasteiger partial charge in [-0.25, -0.2) is 0 Å². The van der Waals surface area contributed by atoms with Crippen molar-refractivity contribution in [2.75, 3.05) is 11.1 Å². The molecule has 3 rings (SSSR count). The molecule has 0 radical (unpaired) electrons. The highest BCUT2D eigenvalue weighted by atomic mass is 32.2. The third-order valence-corrected chi connectivity index (χ3v) is 4.93. The van der Waals surface area contributed by atoms with Gasteiger partial charge in [-0.3, -0.25) is 19.3 Å². The summed E-state index contributed by atoms with van der Waals surface area (Å²) in [7, 11) is 0. The van der Waals surface area contributed by atoms with Crippen LogP contribution in [0, 0.1) is 0 Å². The fraction of sp³-hybridized carbons (Fsp3) is 0.150. The number of hydrogen-bond acceptors (Lipinski definition) is 4. The Morgan fingerprint density at radius 3 is 2.28 bits per heavy atom. The number of rotatable bonds is 5. The van der Waals surface area contributed by atoms with Gasteiger partial charge in [-0.05, 0) is 23.3 Å². The van der Waals surface area contributed by atoms with Crippen LogP contribution in [-0.2, 0) is 16.1 Å². The second-order valence-electron chi connectivity index (χ2n) is 6.14. The predicted octanol–water partition coefficient (Wildman–Crippen LogP) is 4.47. The lowest BCUT2D eigenvalue weighted by molar-refractivity contribution is -0.125. The van der Waals surface area contributed by atoms with Gasteiger partial charge in [0.25, 0.3) is 5.24 Å². The van der Waals surface area contributed by atoms with Gasteiger partial charge in [0.05, 0.1) is 17.9 Å². The van der Waals surface area contributed by atoms with Crippen molar-refractivity contribution >= 4 is 40.1 Å². The molecule has 0 aromatic heterocycles. The van der Waals surface area contributed by atoms with Gasteiger partial charge in [0.15, 0.2) is 0 Å². The Morgan fingerprint density at radius 2 is 1.72 bits per heavy atom. The van der Waals surface area contributed by atoms with Crippen molar-refractivity contribution in [2.24, 2.45) is 0 Å². The Balaban J connectivity index is 1.70. The first-order valence-electron chi connectivity index (χ1n) is 8.45. The number of thioether (sulfide) groups is 1. The molecule has 1 saturated heterocycles. The summed E-state index contributed by atoms with van der Waals surface area (Å²) in [5.74, 6) is -1.08. The van der Waals surface area contributed by atoms with E-state index in [1.165, 1.54) is 36.4 Å². The van der Waals surface area contributed by atoms with Crippen molar-refractivity contribution in [3.05, 3.63) is 71.8 Å². The van der Waals surface area contributed by atoms with Crippen LogP contribution in [0.2, 0.25) is 0 Å². The van der Waals surface area contributed by atoms with Crippen molar-refractivity contribution in [3.8, 4) is 0 Å². The van der Waals surface area contributed by atoms with Crippen molar-refractivity contribution < 1.29 is 27.6 Å². The lowest BCUT2D eigenvalue weighted by Crippen LogP contribution is -2.27. The molecule has 150 valence electrons. The molecule has 0 bridgehead atoms. The molecule has 0 spiro atoms. The Bertz CT molecular complexity index is 941. The minimum absolute atomic E-state index is 0.102. The first kappa shape index (κ1) is 20.7. The second kappa shape index (κ2) is 8.52. The van der Waals surface area contributed by atoms with Gasteiger partial charge in [0, 0.05) is 11.8 Å². The lowest BCUT2D eigenvalue weighted by Gasteiger charge is -2.13. The summed E-state index contributed by atoms with van der Waals surface area (Å²) in [6, 6.07) is 13.2. The van der Waals surface area contributed by atoms with E-state index >= 15 is 0 Å². The predicted molar refractivity (Wildman–Crippen MR) is 104 cm³/mol. The highest BCUT2D eigenvalue weighted by Gasteiger charge is 2.35. The summed E-state index contributed by atoms with van der Waals surface area (Å²) >= 11 is 0.932. The molecule has 0 unspecified atom stereocenters. The van der Waals surface area contributed by atoms with E-state index in [1.54, 1.807) is 18.2 Å². The van der Waals surface area contributed by atoms with Gasteiger partial charge in [0.1, 0.15) is 0 Å². The number of nitrogens with one attached hydrogen (secondary N) is 1. The van der Waals surface area contributed by atoms with Gasteiger partial charge in [0.2, 0.25) is 11.8 Å². The fourth-order valence-electron chi connectivity index (χ4n) is 2.67. The molecule has 2 aromatic carbocycles. The van der Waals surface area contributed by atoms with Gasteiger partial charge in [-0.2, -0.15) is 13.2 Å². The summed E-state index contributed by atoms with van der Waals surface area (Å²) in [5.41, 5.74) is -0.208. The summed E-state index contributed by atoms with van der Waals surface area (Å²) in [5, 5.41) is 2.06. The van der Waals surface area contributed by atoms with E-state index < -0.39 is 17.7 Å². The van der Waals surface area contributed by atoms with Crippen LogP contribution in [-0.4, -0.2) is 33.9 Å². The SMILES string of the molecule is O=C(/C=C(\c1ccccc1)C(F)(F)F)Nc1ccc(CN2C(=O)CSC2=O)cc1. The van der Waals surface area contributed by atoms with Crippen LogP contribution in [0.1, 0.15) is 11.1 Å². The van der Waals surface area contributed by atoms with Crippen LogP contribution in [0.15, 0.2) is 60.7 Å². The van der Waals surface area contributed by atoms with E-state index in [9.17, 15) is 27.6 Å². The number of nitrogens with zero attached hydrogens (tertiary/aromatic N) is 1. The third-order valence-electron chi connectivity index (χ3n) is 4.07. The Morgan fingerprint density at radius 1 is 1.07 bits per heavy atom. The van der Waals surface area contributed by atoms with Crippen LogP contribution >= 0.6 is 11.8 Å². The molecule has 0 saturated carbocycles. The number of halogens is 3. The Kier molecular flexibility index (Phi) is 6.07. The Hall–Kier alpha value is -3.07. The average molecular weight is 420 g/mol. The van der Waals surface area contributed by atoms with Crippen molar-refractivity contribution in [1.29, 1.82) is 0 Å². The number of hydrogen-bond donors (Lipinski definition) is 1. The summed E-state index contributed by atoms with van der Waals surface area (Å²) in [6.45, 7) is 0.102. The van der Waals surface area contributed by atoms with Crippen LogP contribution < -0.4 is 5.32 Å². The molecule has 0 aliphatic carbocycles. The van der Waals surface area contributed by atoms with Crippen LogP contribution in [0.25, 0.3) is 5.57 Å². The number of carbonyl (C=O) groups is 3. The summed E-state index contributed by atoms with van der Waals surface area (Å²) < 4.78 is 39.9. The molecule has 3 amide bonds. The van der Waals surface area contributed by atoms with Gasteiger partial charge in [-0.1, -0.05) is 54.2 Å². The first-order chi connectivity index (χ1) is 13.7. The molecular weight excluding hydrogens is 405 g/mol. The number of alkyl halides is 3. The molecule has 1 aliphatic heterocycles. The molecule has 9 heteroatoms. The summed E-state index contributed by atoms with van der Waals surface area (Å²) in [6.07, 6.45) is -4.17. The van der Waals surface area contributed by atoms with E-state index in [0.717, 1.165) is 16.7 Å². The van der Waals surface area contributed by atoms with E-state index in [-0.39, 0.29) is 34.7 Å². The quantitative estimate of drug-likeness (QED) is 0.725. The maximum Gasteiger partial charge on any atom is 0.417 e. The molecular formula is C20H15F3N2O3S. The van der Waals surface area contributed by atoms with E-state index in [0.29, 0.717) is 11.6 Å². The minimum atomic E-state index is -4.69. The first-order valence-corrected chi connectivity index (χ1v) is 9.44. The monoisotopic (exact) mass is 420 g/mol. The number of imide groups is 1. The topological polar surface area (TPSA) is 66.5 Å². The smallest absolute Gasteiger partial charge is 0.323 e. The number of allylic oxidation sites excluding steroid dienone is 1. The number of amides is 3. The number of carbonyl (C=O) groups excluding carboxylic acids is 3. The molecule has 1 aliphatic rings. The standard InChI is InChI=1S/C20H15F3N2O3S/c21-20(22,23)16(14-4-2-1-3-5-14)10-17(26)24-15-8-6-13(7-9-15)11-25-18(27)12-29-19(25)28/h1-10H,11-12H2,(H,24,26)/b16-10+. The molecule has 0 atom stereocenters. The molecule has 29 heavy (non-hydrogen) atoms. The highest BCUT2D eigenvalue weighted by Crippen LogP contribution is 2.33. The molecule has 5 nitrogen and oxygen atoms in total. The van der Waals surface area contributed by atoms with Gasteiger partial charge in [-0.15, -0.1) is 0 Å². The van der Waals surface area contributed by atoms with E-state index in [1.807, 2.05) is 0 Å². The zero-order valence-electron chi connectivity index (χ0n) is 14.9. The molecule has 1 heterocycles. The summed E-state index contributed by atoms with van der Waals surface area (Å²) in [4.78, 5) is 36.5. The Labute approximate surface area is 168 Å². The van der Waals surface area contributed by atoms with Crippen LogP contribution in [0.5, 0.6) is 0 Å². The molecule has 2 aromatic rings. The number of benzene rings is 2. The van der Waals surface area contributed by atoms with E-state index in [2.05, 4.69) is 5.32 Å². The van der Waals surface area contributed by atoms with Gasteiger partial charge < -0.3 is 5.32 Å². The van der Waals surface area contributed by atoms with Crippen LogP contribution in [0.4, 0.5) is 23.7 Å². The zero-order chi connectivity index (χ0) is 21.0. The zero-order valence-corrected chi connectivity index (χ0v) is 15.7. The maximum atomic E-state index is 13.3. The third kappa shape index (κ3) is 5.26. The lowest BCUT2D eigenvalue weighted by atomic mass is 10.1. The van der Waals surface area contributed by atoms with Crippen LogP contribution in [0.3, 0.4) is 0 Å². The average Bonchev–Trinajstić information content (AvgIpc) is 2.99. The molecule has 1 N–H and O–H groups in total. The normalized spacial score (nSPS) is 15.0. The minimum Gasteiger partial charge on any atom is -0.323 e. The fourth-order valence-corrected chi connectivity index (χ4v) is 3.39. The van der Waals surface area contributed by atoms with Crippen molar-refractivity contribution in [3.63, 3.8) is 0 Å². The number of anilines is 1. The second-order valence-corrected chi connectivity index (χ2v) is 7.07. The highest BCUT2D eigenvalue weighted by molar-refractivity contribution is 8.14. The van der Waals surface area contributed by atoms with Crippen molar-refractivity contribution in [2.45, 2.75) is 12.7 Å².